The lowest BCUT2D eigenvalue weighted by molar-refractivity contribution is 0.0696. The molecule has 0 unspecified atom stereocenters. The minimum atomic E-state index is -0.840. The van der Waals surface area contributed by atoms with Crippen LogP contribution in [0.1, 0.15) is 48.1 Å². The maximum Gasteiger partial charge on any atom is 0.337 e. The minimum absolute atomic E-state index is 0.364. The average molecular weight is 195 g/mol. The van der Waals surface area contributed by atoms with Gasteiger partial charge in [-0.1, -0.05) is 6.92 Å². The fraction of sp³-hybridized carbons (Fsp3) is 0.545. The first kappa shape index (κ1) is 10.8. The van der Waals surface area contributed by atoms with Gasteiger partial charge in [-0.05, 0) is 33.3 Å². The number of carbonyl (C=O) groups is 1. The third-order valence-electron chi connectivity index (χ3n) is 2.75. The van der Waals surface area contributed by atoms with Crippen molar-refractivity contribution in [1.29, 1.82) is 0 Å². The summed E-state index contributed by atoms with van der Waals surface area (Å²) in [5.41, 5.74) is 2.29. The van der Waals surface area contributed by atoms with E-state index in [1.165, 1.54) is 0 Å². The molecule has 1 atom stereocenters. The number of hydrogen-bond acceptors (Lipinski definition) is 1. The van der Waals surface area contributed by atoms with Crippen LogP contribution in [0.15, 0.2) is 6.07 Å². The van der Waals surface area contributed by atoms with Gasteiger partial charge < -0.3 is 9.67 Å². The fourth-order valence-corrected chi connectivity index (χ4v) is 1.85. The largest absolute Gasteiger partial charge is 0.478 e. The summed E-state index contributed by atoms with van der Waals surface area (Å²) < 4.78 is 2.09. The molecule has 0 fully saturated rings. The van der Waals surface area contributed by atoms with E-state index in [1.807, 2.05) is 13.8 Å². The summed E-state index contributed by atoms with van der Waals surface area (Å²) >= 11 is 0. The monoisotopic (exact) mass is 195 g/mol. The molecule has 0 aliphatic rings. The van der Waals surface area contributed by atoms with Crippen LogP contribution >= 0.6 is 0 Å². The van der Waals surface area contributed by atoms with Gasteiger partial charge in [0, 0.05) is 17.4 Å². The van der Waals surface area contributed by atoms with Crippen LogP contribution in [-0.4, -0.2) is 15.6 Å². The Bertz CT molecular complexity index is 352. The zero-order chi connectivity index (χ0) is 10.9. The van der Waals surface area contributed by atoms with Gasteiger partial charge in [0.1, 0.15) is 0 Å². The standard InChI is InChI=1S/C11H17NO2/c1-5-7(2)12-8(3)6-10(9(12)4)11(13)14/h6-7H,5H2,1-4H3,(H,13,14)/t7-/m1/s1. The molecule has 0 spiro atoms. The van der Waals surface area contributed by atoms with Gasteiger partial charge in [0.15, 0.2) is 0 Å². The van der Waals surface area contributed by atoms with Gasteiger partial charge in [0.2, 0.25) is 0 Å². The Labute approximate surface area is 84.4 Å². The summed E-state index contributed by atoms with van der Waals surface area (Å²) in [5.74, 6) is -0.840. The highest BCUT2D eigenvalue weighted by molar-refractivity contribution is 5.89. The number of carboxylic acids is 1. The average Bonchev–Trinajstić information content (AvgIpc) is 2.41. The number of rotatable bonds is 3. The van der Waals surface area contributed by atoms with Crippen LogP contribution in [0.5, 0.6) is 0 Å². The topological polar surface area (TPSA) is 42.2 Å². The van der Waals surface area contributed by atoms with Crippen LogP contribution in [0.2, 0.25) is 0 Å². The van der Waals surface area contributed by atoms with E-state index in [4.69, 9.17) is 5.11 Å². The SMILES string of the molecule is CC[C@@H](C)n1c(C)cc(C(=O)O)c1C. The molecule has 1 rings (SSSR count). The van der Waals surface area contributed by atoms with Crippen LogP contribution in [0.3, 0.4) is 0 Å². The minimum Gasteiger partial charge on any atom is -0.478 e. The Morgan fingerprint density at radius 1 is 1.57 bits per heavy atom. The lowest BCUT2D eigenvalue weighted by Crippen LogP contribution is -2.08. The number of aryl methyl sites for hydroxylation is 1. The van der Waals surface area contributed by atoms with E-state index in [0.717, 1.165) is 17.8 Å². The zero-order valence-electron chi connectivity index (χ0n) is 9.16. The van der Waals surface area contributed by atoms with Gasteiger partial charge in [0.25, 0.3) is 0 Å². The highest BCUT2D eigenvalue weighted by atomic mass is 16.4. The van der Waals surface area contributed by atoms with Gasteiger partial charge in [-0.15, -0.1) is 0 Å². The van der Waals surface area contributed by atoms with Crippen molar-refractivity contribution in [3.63, 3.8) is 0 Å². The van der Waals surface area contributed by atoms with Crippen LogP contribution in [-0.2, 0) is 0 Å². The van der Waals surface area contributed by atoms with Crippen molar-refractivity contribution >= 4 is 5.97 Å². The Morgan fingerprint density at radius 3 is 2.50 bits per heavy atom. The van der Waals surface area contributed by atoms with E-state index in [1.54, 1.807) is 6.07 Å². The molecule has 0 aliphatic carbocycles. The van der Waals surface area contributed by atoms with Crippen molar-refractivity contribution in [2.45, 2.75) is 40.2 Å². The van der Waals surface area contributed by atoms with Crippen molar-refractivity contribution in [2.75, 3.05) is 0 Å². The molecule has 1 N–H and O–H groups in total. The molecule has 3 heteroatoms. The highest BCUT2D eigenvalue weighted by Gasteiger charge is 2.16. The summed E-state index contributed by atoms with van der Waals surface area (Å²) in [5, 5.41) is 8.94. The van der Waals surface area contributed by atoms with Gasteiger partial charge in [0.05, 0.1) is 5.56 Å². The van der Waals surface area contributed by atoms with Crippen molar-refractivity contribution in [1.82, 2.24) is 4.57 Å². The van der Waals surface area contributed by atoms with Gasteiger partial charge >= 0.3 is 5.97 Å². The molecule has 1 aromatic heterocycles. The number of hydrogen-bond donors (Lipinski definition) is 1. The molecule has 0 aromatic carbocycles. The Morgan fingerprint density at radius 2 is 2.14 bits per heavy atom. The lowest BCUT2D eigenvalue weighted by Gasteiger charge is -2.16. The highest BCUT2D eigenvalue weighted by Crippen LogP contribution is 2.21. The summed E-state index contributed by atoms with van der Waals surface area (Å²) in [6.45, 7) is 8.02. The lowest BCUT2D eigenvalue weighted by atomic mass is 10.2. The third-order valence-corrected chi connectivity index (χ3v) is 2.75. The maximum atomic E-state index is 10.9. The van der Waals surface area contributed by atoms with E-state index < -0.39 is 5.97 Å². The van der Waals surface area contributed by atoms with E-state index >= 15 is 0 Å². The predicted molar refractivity (Wildman–Crippen MR) is 55.9 cm³/mol. The number of nitrogens with zero attached hydrogens (tertiary/aromatic N) is 1. The molecule has 1 heterocycles. The molecule has 1 aromatic rings. The summed E-state index contributed by atoms with van der Waals surface area (Å²) in [7, 11) is 0. The summed E-state index contributed by atoms with van der Waals surface area (Å²) in [6.07, 6.45) is 1.01. The van der Waals surface area contributed by atoms with Crippen LogP contribution in [0.25, 0.3) is 0 Å². The molecule has 0 aliphatic heterocycles. The van der Waals surface area contributed by atoms with Crippen LogP contribution in [0.4, 0.5) is 0 Å². The molecule has 0 radical (unpaired) electrons. The van der Waals surface area contributed by atoms with Crippen molar-refractivity contribution < 1.29 is 9.90 Å². The van der Waals surface area contributed by atoms with Gasteiger partial charge in [-0.2, -0.15) is 0 Å². The molecule has 0 saturated heterocycles. The first-order valence-electron chi connectivity index (χ1n) is 4.90. The maximum absolute atomic E-state index is 10.9. The zero-order valence-corrected chi connectivity index (χ0v) is 9.16. The fourth-order valence-electron chi connectivity index (χ4n) is 1.85. The predicted octanol–water partition coefficient (Wildman–Crippen LogP) is 2.77. The molecule has 0 saturated carbocycles. The molecule has 78 valence electrons. The van der Waals surface area contributed by atoms with Crippen molar-refractivity contribution in [2.24, 2.45) is 0 Å². The smallest absolute Gasteiger partial charge is 0.337 e. The third kappa shape index (κ3) is 1.67. The van der Waals surface area contributed by atoms with Crippen LogP contribution in [0, 0.1) is 13.8 Å². The first-order valence-corrected chi connectivity index (χ1v) is 4.90. The van der Waals surface area contributed by atoms with E-state index in [0.29, 0.717) is 11.6 Å². The molecule has 0 amide bonds. The molecular weight excluding hydrogens is 178 g/mol. The second-order valence-electron chi connectivity index (χ2n) is 3.72. The number of aromatic nitrogens is 1. The van der Waals surface area contributed by atoms with Gasteiger partial charge in [-0.3, -0.25) is 0 Å². The number of carboxylic acid groups (broad SMARTS) is 1. The van der Waals surface area contributed by atoms with E-state index in [9.17, 15) is 4.79 Å². The molecule has 3 nitrogen and oxygen atoms in total. The molecule has 0 bridgehead atoms. The van der Waals surface area contributed by atoms with Crippen LogP contribution < -0.4 is 0 Å². The van der Waals surface area contributed by atoms with E-state index in [-0.39, 0.29) is 0 Å². The quantitative estimate of drug-likeness (QED) is 0.805. The molecular formula is C11H17NO2. The Kier molecular flexibility index (Phi) is 2.99. The Hall–Kier alpha value is -1.25. The van der Waals surface area contributed by atoms with E-state index in [2.05, 4.69) is 18.4 Å². The second kappa shape index (κ2) is 3.86. The normalized spacial score (nSPS) is 12.9. The first-order chi connectivity index (χ1) is 6.49. The van der Waals surface area contributed by atoms with Crippen molar-refractivity contribution in [3.05, 3.63) is 23.0 Å². The summed E-state index contributed by atoms with van der Waals surface area (Å²) in [4.78, 5) is 10.9. The van der Waals surface area contributed by atoms with Crippen molar-refractivity contribution in [3.8, 4) is 0 Å². The molecule has 14 heavy (non-hydrogen) atoms. The summed E-state index contributed by atoms with van der Waals surface area (Å²) in [6, 6.07) is 2.10. The Balaban J connectivity index is 3.24. The van der Waals surface area contributed by atoms with Gasteiger partial charge in [-0.25, -0.2) is 4.79 Å². The second-order valence-corrected chi connectivity index (χ2v) is 3.72. The number of aromatic carboxylic acids is 1.